The number of alkyl halides is 3. The van der Waals surface area contributed by atoms with E-state index in [1.165, 1.54) is 6.92 Å². The fourth-order valence-corrected chi connectivity index (χ4v) is 4.23. The van der Waals surface area contributed by atoms with E-state index in [-0.39, 0.29) is 36.8 Å². The maximum absolute atomic E-state index is 12.9. The van der Waals surface area contributed by atoms with Gasteiger partial charge in [-0.1, -0.05) is 11.8 Å². The molecule has 12 heteroatoms. The van der Waals surface area contributed by atoms with Crippen LogP contribution in [0.25, 0.3) is 0 Å². The third kappa shape index (κ3) is 9.18. The van der Waals surface area contributed by atoms with E-state index in [1.807, 2.05) is 0 Å². The highest BCUT2D eigenvalue weighted by atomic mass is 32.2. The quantitative estimate of drug-likeness (QED) is 0.259. The molecule has 0 aliphatic rings. The minimum Gasteiger partial charge on any atom is -0.352 e. The molecule has 0 fully saturated rings. The number of hydrogen-bond acceptors (Lipinski definition) is 7. The second kappa shape index (κ2) is 12.5. The lowest BCUT2D eigenvalue weighted by molar-refractivity contribution is -0.137. The molecule has 0 aliphatic heterocycles. The van der Waals surface area contributed by atoms with Crippen molar-refractivity contribution >= 4 is 30.6 Å². The summed E-state index contributed by atoms with van der Waals surface area (Å²) < 4.78 is 65.9. The van der Waals surface area contributed by atoms with Crippen molar-refractivity contribution < 1.29 is 40.9 Å². The van der Waals surface area contributed by atoms with E-state index >= 15 is 0 Å². The van der Waals surface area contributed by atoms with Gasteiger partial charge >= 0.3 is 14.0 Å². The SMILES string of the molecule is CCOP(=O)(OCC)OCCCCNC(=O)c1ccc(C(F)(F)F)cc1SC(C)=O. The average Bonchev–Trinajstić information content (AvgIpc) is 2.63. The van der Waals surface area contributed by atoms with Gasteiger partial charge in [-0.3, -0.25) is 23.2 Å². The number of unbranched alkanes of at least 4 members (excludes halogenated alkanes) is 1. The molecule has 1 aromatic rings. The average molecular weight is 471 g/mol. The molecule has 0 aliphatic carbocycles. The van der Waals surface area contributed by atoms with Crippen molar-refractivity contribution in [3.05, 3.63) is 29.3 Å². The van der Waals surface area contributed by atoms with Gasteiger partial charge in [-0.05, 0) is 44.9 Å². The second-order valence-electron chi connectivity index (χ2n) is 5.88. The van der Waals surface area contributed by atoms with Crippen molar-refractivity contribution in [2.45, 2.75) is 44.7 Å². The molecule has 7 nitrogen and oxygen atoms in total. The predicted molar refractivity (Wildman–Crippen MR) is 106 cm³/mol. The molecule has 0 unspecified atom stereocenters. The van der Waals surface area contributed by atoms with E-state index in [1.54, 1.807) is 13.8 Å². The smallest absolute Gasteiger partial charge is 0.352 e. The van der Waals surface area contributed by atoms with Crippen molar-refractivity contribution in [3.8, 4) is 0 Å². The Morgan fingerprint density at radius 3 is 2.27 bits per heavy atom. The summed E-state index contributed by atoms with van der Waals surface area (Å²) in [5, 5.41) is 2.15. The van der Waals surface area contributed by atoms with Crippen LogP contribution in [-0.4, -0.2) is 37.4 Å². The highest BCUT2D eigenvalue weighted by Gasteiger charge is 2.32. The Morgan fingerprint density at radius 2 is 1.73 bits per heavy atom. The third-order valence-corrected chi connectivity index (χ3v) is 5.98. The molecule has 1 N–H and O–H groups in total. The summed E-state index contributed by atoms with van der Waals surface area (Å²) in [6.45, 7) is 5.15. The number of hydrogen-bond donors (Lipinski definition) is 1. The first-order chi connectivity index (χ1) is 14.0. The Balaban J connectivity index is 2.60. The number of thioether (sulfide) groups is 1. The van der Waals surface area contributed by atoms with Crippen molar-refractivity contribution in [2.24, 2.45) is 0 Å². The van der Waals surface area contributed by atoms with Gasteiger partial charge in [0.25, 0.3) is 5.91 Å². The monoisotopic (exact) mass is 471 g/mol. The fourth-order valence-electron chi connectivity index (χ4n) is 2.25. The van der Waals surface area contributed by atoms with Crippen molar-refractivity contribution in [2.75, 3.05) is 26.4 Å². The normalized spacial score (nSPS) is 12.1. The number of nitrogens with one attached hydrogen (secondary N) is 1. The number of carbonyl (C=O) groups is 2. The van der Waals surface area contributed by atoms with Crippen LogP contribution in [-0.2, 0) is 29.1 Å². The molecular weight excluding hydrogens is 446 g/mol. The molecule has 1 amide bonds. The zero-order chi connectivity index (χ0) is 22.8. The minimum absolute atomic E-state index is 0.0170. The van der Waals surface area contributed by atoms with Crippen LogP contribution in [0.4, 0.5) is 13.2 Å². The van der Waals surface area contributed by atoms with Gasteiger partial charge in [0.15, 0.2) is 5.12 Å². The number of rotatable bonds is 12. The molecular formula is C18H25F3NO6PS. The van der Waals surface area contributed by atoms with Crippen LogP contribution < -0.4 is 5.32 Å². The van der Waals surface area contributed by atoms with E-state index in [4.69, 9.17) is 13.6 Å². The molecule has 0 heterocycles. The molecule has 170 valence electrons. The summed E-state index contributed by atoms with van der Waals surface area (Å²) >= 11 is 0.564. The number of amides is 1. The standard InChI is InChI=1S/C18H25F3NO6PS/c1-4-26-29(25,27-5-2)28-11-7-6-10-22-17(24)15-9-8-14(18(19,20)21)12-16(15)30-13(3)23/h8-9,12H,4-7,10-11H2,1-3H3,(H,22,24). The van der Waals surface area contributed by atoms with Crippen LogP contribution in [0.3, 0.4) is 0 Å². The zero-order valence-electron chi connectivity index (χ0n) is 16.9. The van der Waals surface area contributed by atoms with Crippen molar-refractivity contribution in [1.82, 2.24) is 5.32 Å². The van der Waals surface area contributed by atoms with E-state index in [9.17, 15) is 27.3 Å². The van der Waals surface area contributed by atoms with Crippen LogP contribution in [0.5, 0.6) is 0 Å². The first kappa shape index (κ1) is 26.6. The zero-order valence-corrected chi connectivity index (χ0v) is 18.6. The Kier molecular flexibility index (Phi) is 11.1. The Bertz CT molecular complexity index is 765. The maximum Gasteiger partial charge on any atom is 0.474 e. The molecule has 0 radical (unpaired) electrons. The molecule has 1 aromatic carbocycles. The van der Waals surface area contributed by atoms with Gasteiger partial charge in [-0.15, -0.1) is 0 Å². The topological polar surface area (TPSA) is 90.9 Å². The highest BCUT2D eigenvalue weighted by Crippen LogP contribution is 2.49. The van der Waals surface area contributed by atoms with E-state index < -0.39 is 30.6 Å². The van der Waals surface area contributed by atoms with Crippen molar-refractivity contribution in [3.63, 3.8) is 0 Å². The van der Waals surface area contributed by atoms with Crippen LogP contribution in [0, 0.1) is 0 Å². The number of carbonyl (C=O) groups excluding carboxylic acids is 2. The van der Waals surface area contributed by atoms with Gasteiger partial charge < -0.3 is 5.32 Å². The number of halogens is 3. The molecule has 30 heavy (non-hydrogen) atoms. The Labute approximate surface area is 177 Å². The fraction of sp³-hybridized carbons (Fsp3) is 0.556. The van der Waals surface area contributed by atoms with Gasteiger partial charge in [0.2, 0.25) is 0 Å². The minimum atomic E-state index is -4.58. The van der Waals surface area contributed by atoms with Gasteiger partial charge in [-0.2, -0.15) is 13.2 Å². The molecule has 0 bridgehead atoms. The van der Waals surface area contributed by atoms with Crippen LogP contribution in [0.1, 0.15) is 49.5 Å². The maximum atomic E-state index is 12.9. The lowest BCUT2D eigenvalue weighted by Gasteiger charge is -2.16. The summed E-state index contributed by atoms with van der Waals surface area (Å²) in [7, 11) is -3.59. The molecule has 0 atom stereocenters. The molecule has 0 aromatic heterocycles. The van der Waals surface area contributed by atoms with Crippen LogP contribution in [0.15, 0.2) is 23.1 Å². The van der Waals surface area contributed by atoms with Gasteiger partial charge in [-0.25, -0.2) is 4.57 Å². The molecule has 1 rings (SSSR count). The summed E-state index contributed by atoms with van der Waals surface area (Å²) in [6, 6.07) is 2.63. The lowest BCUT2D eigenvalue weighted by Crippen LogP contribution is -2.25. The van der Waals surface area contributed by atoms with Crippen LogP contribution in [0.2, 0.25) is 0 Å². The van der Waals surface area contributed by atoms with Gasteiger partial charge in [0.05, 0.1) is 30.9 Å². The summed E-state index contributed by atoms with van der Waals surface area (Å²) in [6.07, 6.45) is -3.68. The first-order valence-corrected chi connectivity index (χ1v) is 11.5. The summed E-state index contributed by atoms with van der Waals surface area (Å²) in [5.41, 5.74) is -0.954. The Morgan fingerprint density at radius 1 is 1.10 bits per heavy atom. The summed E-state index contributed by atoms with van der Waals surface area (Å²) in [4.78, 5) is 23.6. The summed E-state index contributed by atoms with van der Waals surface area (Å²) in [5.74, 6) is -0.595. The van der Waals surface area contributed by atoms with Gasteiger partial charge in [0.1, 0.15) is 0 Å². The van der Waals surface area contributed by atoms with E-state index in [0.29, 0.717) is 24.6 Å². The largest absolute Gasteiger partial charge is 0.474 e. The molecule has 0 saturated carbocycles. The molecule has 0 saturated heterocycles. The predicted octanol–water partition coefficient (Wildman–Crippen LogP) is 5.05. The lowest BCUT2D eigenvalue weighted by atomic mass is 10.1. The first-order valence-electron chi connectivity index (χ1n) is 9.24. The van der Waals surface area contributed by atoms with E-state index in [0.717, 1.165) is 18.2 Å². The number of phosphoric ester groups is 1. The number of phosphoric acid groups is 1. The number of benzene rings is 1. The van der Waals surface area contributed by atoms with Crippen molar-refractivity contribution in [1.29, 1.82) is 0 Å². The third-order valence-electron chi connectivity index (χ3n) is 3.49. The second-order valence-corrected chi connectivity index (χ2v) is 8.77. The molecule has 0 spiro atoms. The van der Waals surface area contributed by atoms with E-state index in [2.05, 4.69) is 5.32 Å². The van der Waals surface area contributed by atoms with Gasteiger partial charge in [0, 0.05) is 18.4 Å². The highest BCUT2D eigenvalue weighted by molar-refractivity contribution is 8.13. The van der Waals surface area contributed by atoms with Crippen LogP contribution >= 0.6 is 19.6 Å². The Hall–Kier alpha value is -1.39.